The Hall–Kier alpha value is -1.72. The molecule has 0 aliphatic rings. The second-order valence-electron chi connectivity index (χ2n) is 2.73. The first-order valence-electron chi connectivity index (χ1n) is 3.85. The largest absolute Gasteiger partial charge is 0.497 e. The van der Waals surface area contributed by atoms with Crippen molar-refractivity contribution in [3.8, 4) is 5.75 Å². The molecule has 0 aliphatic carbocycles. The first-order valence-corrected chi connectivity index (χ1v) is 3.85. The number of rotatable bonds is 3. The molecule has 15 heavy (non-hydrogen) atoms. The first-order chi connectivity index (χ1) is 6.89. The summed E-state index contributed by atoms with van der Waals surface area (Å²) in [5.41, 5.74) is -1.18. The van der Waals surface area contributed by atoms with Crippen LogP contribution in [-0.4, -0.2) is 18.2 Å². The lowest BCUT2D eigenvalue weighted by Crippen LogP contribution is -2.26. The quantitative estimate of drug-likeness (QED) is 0.847. The molecule has 0 aromatic heterocycles. The van der Waals surface area contributed by atoms with Gasteiger partial charge in [-0.2, -0.15) is 8.78 Å². The minimum absolute atomic E-state index is 0.0393. The van der Waals surface area contributed by atoms with E-state index in [1.54, 1.807) is 0 Å². The van der Waals surface area contributed by atoms with Gasteiger partial charge in [0.05, 0.1) is 12.7 Å². The Morgan fingerprint density at radius 3 is 2.47 bits per heavy atom. The predicted molar refractivity (Wildman–Crippen MR) is 44.5 cm³/mol. The molecule has 0 saturated carbocycles. The van der Waals surface area contributed by atoms with Crippen molar-refractivity contribution in [2.75, 3.05) is 7.11 Å². The fourth-order valence-corrected chi connectivity index (χ4v) is 0.993. The van der Waals surface area contributed by atoms with E-state index < -0.39 is 23.3 Å². The van der Waals surface area contributed by atoms with Gasteiger partial charge in [-0.15, -0.1) is 0 Å². The minimum Gasteiger partial charge on any atom is -0.497 e. The van der Waals surface area contributed by atoms with Crippen molar-refractivity contribution in [1.29, 1.82) is 0 Å². The summed E-state index contributed by atoms with van der Waals surface area (Å²) in [6.07, 6.45) is 0. The molecule has 0 saturated heterocycles. The highest BCUT2D eigenvalue weighted by atomic mass is 19.3. The maximum absolute atomic E-state index is 13.1. The van der Waals surface area contributed by atoms with Gasteiger partial charge in [0.1, 0.15) is 11.6 Å². The average Bonchev–Trinajstić information content (AvgIpc) is 2.16. The number of carboxylic acids is 1. The van der Waals surface area contributed by atoms with Gasteiger partial charge >= 0.3 is 11.9 Å². The lowest BCUT2D eigenvalue weighted by molar-refractivity contribution is -0.166. The van der Waals surface area contributed by atoms with Crippen molar-refractivity contribution in [2.24, 2.45) is 0 Å². The first kappa shape index (κ1) is 11.4. The molecule has 0 heterocycles. The van der Waals surface area contributed by atoms with Gasteiger partial charge in [0.2, 0.25) is 0 Å². The van der Waals surface area contributed by atoms with Gasteiger partial charge in [0.15, 0.2) is 0 Å². The molecule has 1 N–H and O–H groups in total. The van der Waals surface area contributed by atoms with Gasteiger partial charge in [0.25, 0.3) is 0 Å². The lowest BCUT2D eigenvalue weighted by atomic mass is 10.1. The van der Waals surface area contributed by atoms with Crippen LogP contribution in [0.5, 0.6) is 5.75 Å². The van der Waals surface area contributed by atoms with Crippen molar-refractivity contribution < 1.29 is 27.8 Å². The van der Waals surface area contributed by atoms with Crippen LogP contribution in [0, 0.1) is 5.82 Å². The van der Waals surface area contributed by atoms with Crippen LogP contribution in [0.2, 0.25) is 0 Å². The van der Waals surface area contributed by atoms with E-state index in [0.717, 1.165) is 6.07 Å². The predicted octanol–water partition coefficient (Wildman–Crippen LogP) is 2.01. The Kier molecular flexibility index (Phi) is 2.88. The molecule has 6 heteroatoms. The third kappa shape index (κ3) is 2.03. The van der Waals surface area contributed by atoms with Gasteiger partial charge < -0.3 is 9.84 Å². The number of methoxy groups -OCH3 is 1. The zero-order chi connectivity index (χ0) is 11.6. The summed E-state index contributed by atoms with van der Waals surface area (Å²) in [4.78, 5) is 10.2. The van der Waals surface area contributed by atoms with Crippen LogP contribution in [-0.2, 0) is 10.7 Å². The van der Waals surface area contributed by atoms with Crippen LogP contribution < -0.4 is 4.74 Å². The van der Waals surface area contributed by atoms with E-state index in [0.29, 0.717) is 12.1 Å². The van der Waals surface area contributed by atoms with Crippen molar-refractivity contribution in [3.05, 3.63) is 29.6 Å². The summed E-state index contributed by atoms with van der Waals surface area (Å²) in [5, 5.41) is 8.20. The lowest BCUT2D eigenvalue weighted by Gasteiger charge is -2.12. The van der Waals surface area contributed by atoms with E-state index in [4.69, 9.17) is 5.11 Å². The standard InChI is InChI=1S/C9H7F3O3/c1-15-5-2-3-6(7(10)4-5)9(11,12)8(13)14/h2-4H,1H3,(H,13,14). The Morgan fingerprint density at radius 2 is 2.07 bits per heavy atom. The number of halogens is 3. The third-order valence-electron chi connectivity index (χ3n) is 1.78. The van der Waals surface area contributed by atoms with Crippen LogP contribution in [0.1, 0.15) is 5.56 Å². The van der Waals surface area contributed by atoms with E-state index in [1.807, 2.05) is 0 Å². The fourth-order valence-electron chi connectivity index (χ4n) is 0.993. The van der Waals surface area contributed by atoms with Crippen LogP contribution in [0.3, 0.4) is 0 Å². The van der Waals surface area contributed by atoms with E-state index in [2.05, 4.69) is 4.74 Å². The van der Waals surface area contributed by atoms with Crippen LogP contribution in [0.4, 0.5) is 13.2 Å². The summed E-state index contributed by atoms with van der Waals surface area (Å²) in [5.74, 6) is -7.91. The normalized spacial score (nSPS) is 11.2. The molecule has 1 rings (SSSR count). The number of hydrogen-bond donors (Lipinski definition) is 1. The molecule has 0 spiro atoms. The van der Waals surface area contributed by atoms with Gasteiger partial charge in [-0.1, -0.05) is 0 Å². The highest BCUT2D eigenvalue weighted by molar-refractivity contribution is 5.77. The Balaban J connectivity index is 3.22. The number of aliphatic carboxylic acids is 1. The summed E-state index contributed by atoms with van der Waals surface area (Å²) in [6, 6.07) is 2.45. The maximum Gasteiger partial charge on any atom is 0.379 e. The second kappa shape index (κ2) is 3.80. The van der Waals surface area contributed by atoms with Crippen LogP contribution in [0.25, 0.3) is 0 Å². The van der Waals surface area contributed by atoms with E-state index in [9.17, 15) is 18.0 Å². The summed E-state index contributed by atoms with van der Waals surface area (Å²) < 4.78 is 43.5. The van der Waals surface area contributed by atoms with Crippen molar-refractivity contribution in [3.63, 3.8) is 0 Å². The van der Waals surface area contributed by atoms with E-state index in [-0.39, 0.29) is 5.75 Å². The molecule has 0 atom stereocenters. The monoisotopic (exact) mass is 220 g/mol. The Bertz CT molecular complexity index is 390. The number of carboxylic acid groups (broad SMARTS) is 1. The van der Waals surface area contributed by atoms with E-state index in [1.165, 1.54) is 7.11 Å². The summed E-state index contributed by atoms with van der Waals surface area (Å²) in [7, 11) is 1.24. The van der Waals surface area contributed by atoms with Crippen molar-refractivity contribution in [1.82, 2.24) is 0 Å². The molecule has 1 aromatic rings. The molecule has 0 aliphatic heterocycles. The molecular weight excluding hydrogens is 213 g/mol. The summed E-state index contributed by atoms with van der Waals surface area (Å²) in [6.45, 7) is 0. The number of hydrogen-bond acceptors (Lipinski definition) is 2. The van der Waals surface area contributed by atoms with Gasteiger partial charge in [0, 0.05) is 6.07 Å². The molecular formula is C9H7F3O3. The van der Waals surface area contributed by atoms with Crippen LogP contribution >= 0.6 is 0 Å². The SMILES string of the molecule is COc1ccc(C(F)(F)C(=O)O)c(F)c1. The topological polar surface area (TPSA) is 46.5 Å². The highest BCUT2D eigenvalue weighted by Crippen LogP contribution is 2.31. The number of ether oxygens (including phenoxy) is 1. The van der Waals surface area contributed by atoms with Crippen LogP contribution in [0.15, 0.2) is 18.2 Å². The number of benzene rings is 1. The van der Waals surface area contributed by atoms with Gasteiger partial charge in [-0.05, 0) is 12.1 Å². The average molecular weight is 220 g/mol. The molecule has 1 aromatic carbocycles. The minimum atomic E-state index is -4.24. The Labute approximate surface area is 83.1 Å². The maximum atomic E-state index is 13.1. The zero-order valence-electron chi connectivity index (χ0n) is 7.63. The van der Waals surface area contributed by atoms with E-state index >= 15 is 0 Å². The summed E-state index contributed by atoms with van der Waals surface area (Å²) >= 11 is 0. The van der Waals surface area contributed by atoms with Crippen molar-refractivity contribution >= 4 is 5.97 Å². The van der Waals surface area contributed by atoms with Gasteiger partial charge in [-0.3, -0.25) is 0 Å². The van der Waals surface area contributed by atoms with Crippen molar-refractivity contribution in [2.45, 2.75) is 5.92 Å². The molecule has 0 bridgehead atoms. The fraction of sp³-hybridized carbons (Fsp3) is 0.222. The molecule has 0 unspecified atom stereocenters. The smallest absolute Gasteiger partial charge is 0.379 e. The van der Waals surface area contributed by atoms with Gasteiger partial charge in [-0.25, -0.2) is 9.18 Å². The Morgan fingerprint density at radius 1 is 1.47 bits per heavy atom. The molecule has 0 radical (unpaired) electrons. The third-order valence-corrected chi connectivity index (χ3v) is 1.78. The molecule has 0 fully saturated rings. The number of carbonyl (C=O) groups is 1. The second-order valence-corrected chi connectivity index (χ2v) is 2.73. The molecule has 3 nitrogen and oxygen atoms in total. The zero-order valence-corrected chi connectivity index (χ0v) is 7.63. The molecule has 82 valence electrons. The highest BCUT2D eigenvalue weighted by Gasteiger charge is 2.43. The molecule has 0 amide bonds. The number of alkyl halides is 2.